The van der Waals surface area contributed by atoms with Gasteiger partial charge < -0.3 is 5.32 Å². The minimum atomic E-state index is -0.468. The second kappa shape index (κ2) is 7.49. The van der Waals surface area contributed by atoms with E-state index < -0.39 is 4.92 Å². The summed E-state index contributed by atoms with van der Waals surface area (Å²) in [6.45, 7) is 2.09. The smallest absolute Gasteiger partial charge is 0.272 e. The Morgan fingerprint density at radius 2 is 2.04 bits per heavy atom. The third-order valence-corrected chi connectivity index (χ3v) is 4.67. The lowest BCUT2D eigenvalue weighted by atomic mass is 10.1. The van der Waals surface area contributed by atoms with Crippen LogP contribution in [0.3, 0.4) is 0 Å². The van der Waals surface area contributed by atoms with Gasteiger partial charge in [-0.1, -0.05) is 34.1 Å². The van der Waals surface area contributed by atoms with E-state index in [1.807, 2.05) is 24.3 Å². The number of carbonyl (C=O) groups is 1. The molecule has 0 saturated heterocycles. The van der Waals surface area contributed by atoms with Crippen molar-refractivity contribution in [2.45, 2.75) is 13.5 Å². The second-order valence-corrected chi connectivity index (χ2v) is 6.53. The van der Waals surface area contributed by atoms with Gasteiger partial charge in [0.15, 0.2) is 0 Å². The summed E-state index contributed by atoms with van der Waals surface area (Å²) in [7, 11) is 0. The van der Waals surface area contributed by atoms with Crippen molar-refractivity contribution >= 4 is 33.3 Å². The van der Waals surface area contributed by atoms with Crippen molar-refractivity contribution in [3.05, 3.63) is 86.0 Å². The minimum Gasteiger partial charge on any atom is -0.307 e. The quantitative estimate of drug-likeness (QED) is 0.501. The minimum absolute atomic E-state index is 0.0134. The zero-order valence-corrected chi connectivity index (χ0v) is 15.4. The van der Waals surface area contributed by atoms with E-state index in [0.717, 1.165) is 10.0 Å². The second-order valence-electron chi connectivity index (χ2n) is 5.68. The lowest BCUT2D eigenvalue weighted by Crippen LogP contribution is -2.16. The predicted octanol–water partition coefficient (Wildman–Crippen LogP) is 4.16. The molecule has 3 aromatic rings. The van der Waals surface area contributed by atoms with Gasteiger partial charge in [0, 0.05) is 27.7 Å². The molecule has 0 aliphatic heterocycles. The Balaban J connectivity index is 1.79. The molecule has 7 nitrogen and oxygen atoms in total. The van der Waals surface area contributed by atoms with Gasteiger partial charge in [0.2, 0.25) is 0 Å². The number of aromatic nitrogens is 2. The Labute approximate surface area is 157 Å². The lowest BCUT2D eigenvalue weighted by molar-refractivity contribution is -0.385. The van der Waals surface area contributed by atoms with Crippen molar-refractivity contribution in [3.63, 3.8) is 0 Å². The Morgan fingerprint density at radius 3 is 2.73 bits per heavy atom. The topological polar surface area (TPSA) is 90.1 Å². The number of anilines is 1. The highest BCUT2D eigenvalue weighted by Crippen LogP contribution is 2.21. The molecule has 0 saturated carbocycles. The SMILES string of the molecule is Cc1cc(C(=O)Nc2ccnn2Cc2ccccc2Br)ccc1[N+](=O)[O-]. The van der Waals surface area contributed by atoms with Crippen LogP contribution in [-0.2, 0) is 6.54 Å². The van der Waals surface area contributed by atoms with Gasteiger partial charge in [-0.25, -0.2) is 4.68 Å². The first kappa shape index (κ1) is 17.8. The molecule has 0 fully saturated rings. The van der Waals surface area contributed by atoms with Crippen LogP contribution in [0.5, 0.6) is 0 Å². The summed E-state index contributed by atoms with van der Waals surface area (Å²) in [5.74, 6) is 0.193. The zero-order chi connectivity index (χ0) is 18.7. The average molecular weight is 415 g/mol. The number of benzene rings is 2. The van der Waals surface area contributed by atoms with Gasteiger partial charge in [-0.05, 0) is 30.7 Å². The molecule has 0 unspecified atom stereocenters. The number of aryl methyl sites for hydroxylation is 1. The number of nitro benzene ring substituents is 1. The van der Waals surface area contributed by atoms with Crippen LogP contribution in [-0.4, -0.2) is 20.6 Å². The standard InChI is InChI=1S/C18H15BrN4O3/c1-12-10-13(6-7-16(12)23(25)26)18(24)21-17-8-9-20-22(17)11-14-4-2-3-5-15(14)19/h2-10H,11H2,1H3,(H,21,24). The van der Waals surface area contributed by atoms with Crippen LogP contribution < -0.4 is 5.32 Å². The highest BCUT2D eigenvalue weighted by molar-refractivity contribution is 9.10. The molecule has 1 N–H and O–H groups in total. The number of nitrogens with one attached hydrogen (secondary N) is 1. The Hall–Kier alpha value is -3.00. The molecule has 0 aliphatic carbocycles. The van der Waals surface area contributed by atoms with Crippen molar-refractivity contribution in [2.75, 3.05) is 5.32 Å². The first-order valence-electron chi connectivity index (χ1n) is 7.77. The summed E-state index contributed by atoms with van der Waals surface area (Å²) in [5, 5.41) is 17.9. The number of nitrogens with zero attached hydrogens (tertiary/aromatic N) is 3. The fourth-order valence-corrected chi connectivity index (χ4v) is 2.95. The summed E-state index contributed by atoms with van der Waals surface area (Å²) < 4.78 is 2.63. The molecule has 0 spiro atoms. The van der Waals surface area contributed by atoms with E-state index >= 15 is 0 Å². The van der Waals surface area contributed by atoms with Gasteiger partial charge >= 0.3 is 0 Å². The third kappa shape index (κ3) is 3.80. The van der Waals surface area contributed by atoms with E-state index in [-0.39, 0.29) is 11.6 Å². The Kier molecular flexibility index (Phi) is 5.13. The van der Waals surface area contributed by atoms with Crippen molar-refractivity contribution in [3.8, 4) is 0 Å². The Bertz CT molecular complexity index is 984. The average Bonchev–Trinajstić information content (AvgIpc) is 3.03. The highest BCUT2D eigenvalue weighted by Gasteiger charge is 2.15. The van der Waals surface area contributed by atoms with Crippen LogP contribution >= 0.6 is 15.9 Å². The maximum atomic E-state index is 12.5. The van der Waals surface area contributed by atoms with Crippen molar-refractivity contribution in [1.82, 2.24) is 9.78 Å². The van der Waals surface area contributed by atoms with Crippen LogP contribution in [0.1, 0.15) is 21.5 Å². The molecule has 2 aromatic carbocycles. The predicted molar refractivity (Wildman–Crippen MR) is 101 cm³/mol. The third-order valence-electron chi connectivity index (χ3n) is 3.89. The number of carbonyl (C=O) groups excluding carboxylic acids is 1. The Morgan fingerprint density at radius 1 is 1.27 bits per heavy atom. The number of amides is 1. The van der Waals surface area contributed by atoms with Crippen LogP contribution in [0.2, 0.25) is 0 Å². The zero-order valence-electron chi connectivity index (χ0n) is 13.8. The van der Waals surface area contributed by atoms with Crippen LogP contribution in [0.25, 0.3) is 0 Å². The molecule has 1 aromatic heterocycles. The van der Waals surface area contributed by atoms with Gasteiger partial charge in [0.05, 0.1) is 17.7 Å². The van der Waals surface area contributed by atoms with E-state index in [1.54, 1.807) is 23.9 Å². The molecule has 8 heteroatoms. The first-order chi connectivity index (χ1) is 12.5. The van der Waals surface area contributed by atoms with Crippen LogP contribution in [0.15, 0.2) is 59.2 Å². The summed E-state index contributed by atoms with van der Waals surface area (Å²) in [6.07, 6.45) is 1.60. The van der Waals surface area contributed by atoms with Gasteiger partial charge in [-0.3, -0.25) is 14.9 Å². The number of hydrogen-bond acceptors (Lipinski definition) is 4. The fraction of sp³-hybridized carbons (Fsp3) is 0.111. The molecule has 0 atom stereocenters. The van der Waals surface area contributed by atoms with Crippen molar-refractivity contribution in [2.24, 2.45) is 0 Å². The largest absolute Gasteiger partial charge is 0.307 e. The lowest BCUT2D eigenvalue weighted by Gasteiger charge is -2.10. The molecule has 0 aliphatic rings. The summed E-state index contributed by atoms with van der Waals surface area (Å²) in [5.41, 5.74) is 1.80. The number of halogens is 1. The first-order valence-corrected chi connectivity index (χ1v) is 8.56. The van der Waals surface area contributed by atoms with E-state index in [9.17, 15) is 14.9 Å². The highest BCUT2D eigenvalue weighted by atomic mass is 79.9. The normalized spacial score (nSPS) is 10.5. The molecule has 132 valence electrons. The monoisotopic (exact) mass is 414 g/mol. The molecule has 0 bridgehead atoms. The van der Waals surface area contributed by atoms with Gasteiger partial charge in [0.25, 0.3) is 11.6 Å². The van der Waals surface area contributed by atoms with E-state index in [4.69, 9.17) is 0 Å². The van der Waals surface area contributed by atoms with Gasteiger partial charge in [-0.15, -0.1) is 0 Å². The fourth-order valence-electron chi connectivity index (χ4n) is 2.54. The van der Waals surface area contributed by atoms with E-state index in [0.29, 0.717) is 23.5 Å². The van der Waals surface area contributed by atoms with Gasteiger partial charge in [0.1, 0.15) is 5.82 Å². The summed E-state index contributed by atoms with van der Waals surface area (Å²) in [4.78, 5) is 22.9. The summed E-state index contributed by atoms with van der Waals surface area (Å²) >= 11 is 3.50. The maximum Gasteiger partial charge on any atom is 0.272 e. The molecule has 0 radical (unpaired) electrons. The van der Waals surface area contributed by atoms with Crippen LogP contribution in [0.4, 0.5) is 11.5 Å². The van der Waals surface area contributed by atoms with E-state index in [1.165, 1.54) is 18.2 Å². The molecule has 26 heavy (non-hydrogen) atoms. The number of hydrogen-bond donors (Lipinski definition) is 1. The van der Waals surface area contributed by atoms with E-state index in [2.05, 4.69) is 26.3 Å². The summed E-state index contributed by atoms with van der Waals surface area (Å²) in [6, 6.07) is 13.7. The number of nitro groups is 1. The van der Waals surface area contributed by atoms with Crippen LogP contribution in [0, 0.1) is 17.0 Å². The molecular weight excluding hydrogens is 400 g/mol. The molecular formula is C18H15BrN4O3. The molecule has 1 heterocycles. The van der Waals surface area contributed by atoms with Crippen molar-refractivity contribution < 1.29 is 9.72 Å². The molecule has 1 amide bonds. The maximum absolute atomic E-state index is 12.5. The van der Waals surface area contributed by atoms with Crippen molar-refractivity contribution in [1.29, 1.82) is 0 Å². The number of rotatable bonds is 5. The molecule has 3 rings (SSSR count). The van der Waals surface area contributed by atoms with Gasteiger partial charge in [-0.2, -0.15) is 5.10 Å².